The van der Waals surface area contributed by atoms with Crippen molar-refractivity contribution in [2.75, 3.05) is 13.2 Å². The summed E-state index contributed by atoms with van der Waals surface area (Å²) >= 11 is 0. The molecular formula is C18H21NO2. The Labute approximate surface area is 125 Å². The second-order valence-electron chi connectivity index (χ2n) is 5.72. The van der Waals surface area contributed by atoms with E-state index in [9.17, 15) is 10.2 Å². The second kappa shape index (κ2) is 6.39. The van der Waals surface area contributed by atoms with Gasteiger partial charge in [0.05, 0.1) is 12.7 Å². The molecule has 1 heterocycles. The topological polar surface area (TPSA) is 43.7 Å². The molecule has 2 aromatic carbocycles. The SMILES string of the molecule is OC[C@@H]1C[C@@H](O)CN1Cc1ccc(-c2ccccc2)cc1. The van der Waals surface area contributed by atoms with Crippen molar-refractivity contribution in [2.45, 2.75) is 25.1 Å². The minimum absolute atomic E-state index is 0.0776. The van der Waals surface area contributed by atoms with E-state index in [2.05, 4.69) is 41.3 Å². The number of benzene rings is 2. The first-order valence-corrected chi connectivity index (χ1v) is 7.43. The summed E-state index contributed by atoms with van der Waals surface area (Å²) in [5, 5.41) is 19.1. The molecule has 0 amide bonds. The summed E-state index contributed by atoms with van der Waals surface area (Å²) in [5.41, 5.74) is 3.63. The zero-order valence-electron chi connectivity index (χ0n) is 12.0. The zero-order chi connectivity index (χ0) is 14.7. The van der Waals surface area contributed by atoms with Crippen LogP contribution in [0.2, 0.25) is 0 Å². The maximum Gasteiger partial charge on any atom is 0.0683 e. The average Bonchev–Trinajstić information content (AvgIpc) is 2.88. The number of aliphatic hydroxyl groups excluding tert-OH is 2. The molecular weight excluding hydrogens is 262 g/mol. The minimum Gasteiger partial charge on any atom is -0.395 e. The molecule has 1 fully saturated rings. The standard InChI is InChI=1S/C18H21NO2/c20-13-17-10-18(21)12-19(17)11-14-6-8-16(9-7-14)15-4-2-1-3-5-15/h1-9,17-18,20-21H,10-13H2/t17-,18+/m0/s1. The van der Waals surface area contributed by atoms with Gasteiger partial charge in [-0.3, -0.25) is 4.90 Å². The van der Waals surface area contributed by atoms with Crippen molar-refractivity contribution in [2.24, 2.45) is 0 Å². The largest absolute Gasteiger partial charge is 0.395 e. The van der Waals surface area contributed by atoms with Gasteiger partial charge in [0, 0.05) is 19.1 Å². The van der Waals surface area contributed by atoms with E-state index in [4.69, 9.17) is 0 Å². The van der Waals surface area contributed by atoms with Crippen LogP contribution in [0.15, 0.2) is 54.6 Å². The molecule has 110 valence electrons. The number of likely N-dealkylation sites (tertiary alicyclic amines) is 1. The molecule has 2 atom stereocenters. The van der Waals surface area contributed by atoms with E-state index in [1.54, 1.807) is 0 Å². The molecule has 1 aliphatic rings. The monoisotopic (exact) mass is 283 g/mol. The summed E-state index contributed by atoms with van der Waals surface area (Å²) in [6.45, 7) is 1.53. The number of nitrogens with zero attached hydrogens (tertiary/aromatic N) is 1. The van der Waals surface area contributed by atoms with E-state index in [1.807, 2.05) is 18.2 Å². The Morgan fingerprint density at radius 2 is 1.62 bits per heavy atom. The first-order chi connectivity index (χ1) is 10.3. The van der Waals surface area contributed by atoms with Gasteiger partial charge in [0.15, 0.2) is 0 Å². The highest BCUT2D eigenvalue weighted by Crippen LogP contribution is 2.23. The van der Waals surface area contributed by atoms with E-state index < -0.39 is 0 Å². The Bertz CT molecular complexity index is 568. The summed E-state index contributed by atoms with van der Waals surface area (Å²) in [5.74, 6) is 0. The number of aliphatic hydroxyl groups is 2. The summed E-state index contributed by atoms with van der Waals surface area (Å²) in [7, 11) is 0. The van der Waals surface area contributed by atoms with E-state index in [-0.39, 0.29) is 18.8 Å². The Hall–Kier alpha value is -1.68. The van der Waals surface area contributed by atoms with Gasteiger partial charge < -0.3 is 10.2 Å². The lowest BCUT2D eigenvalue weighted by Crippen LogP contribution is -2.31. The van der Waals surface area contributed by atoms with E-state index in [0.29, 0.717) is 13.0 Å². The molecule has 21 heavy (non-hydrogen) atoms. The highest BCUT2D eigenvalue weighted by Gasteiger charge is 2.29. The third kappa shape index (κ3) is 3.32. The quantitative estimate of drug-likeness (QED) is 0.905. The molecule has 1 aliphatic heterocycles. The molecule has 0 radical (unpaired) electrons. The van der Waals surface area contributed by atoms with Gasteiger partial charge in [0.1, 0.15) is 0 Å². The third-order valence-corrected chi connectivity index (χ3v) is 4.16. The van der Waals surface area contributed by atoms with Crippen LogP contribution < -0.4 is 0 Å². The van der Waals surface area contributed by atoms with Gasteiger partial charge in [-0.2, -0.15) is 0 Å². The Balaban J connectivity index is 1.70. The smallest absolute Gasteiger partial charge is 0.0683 e. The molecule has 3 nitrogen and oxygen atoms in total. The lowest BCUT2D eigenvalue weighted by Gasteiger charge is -2.22. The Morgan fingerprint density at radius 3 is 2.29 bits per heavy atom. The Kier molecular flexibility index (Phi) is 4.34. The number of rotatable bonds is 4. The molecule has 0 saturated carbocycles. The summed E-state index contributed by atoms with van der Waals surface area (Å²) in [6, 6.07) is 18.9. The van der Waals surface area contributed by atoms with Gasteiger partial charge in [-0.05, 0) is 23.1 Å². The van der Waals surface area contributed by atoms with Crippen LogP contribution in [0, 0.1) is 0 Å². The van der Waals surface area contributed by atoms with E-state index >= 15 is 0 Å². The van der Waals surface area contributed by atoms with Crippen LogP contribution in [0.4, 0.5) is 0 Å². The van der Waals surface area contributed by atoms with Crippen molar-refractivity contribution in [1.82, 2.24) is 4.90 Å². The van der Waals surface area contributed by atoms with Crippen molar-refractivity contribution < 1.29 is 10.2 Å². The van der Waals surface area contributed by atoms with E-state index in [0.717, 1.165) is 6.54 Å². The molecule has 2 N–H and O–H groups in total. The molecule has 1 saturated heterocycles. The average molecular weight is 283 g/mol. The van der Waals surface area contributed by atoms with Gasteiger partial charge in [0.2, 0.25) is 0 Å². The second-order valence-corrected chi connectivity index (χ2v) is 5.72. The van der Waals surface area contributed by atoms with Gasteiger partial charge in [-0.25, -0.2) is 0 Å². The molecule has 2 aromatic rings. The predicted molar refractivity (Wildman–Crippen MR) is 83.8 cm³/mol. The highest BCUT2D eigenvalue weighted by molar-refractivity contribution is 5.63. The first-order valence-electron chi connectivity index (χ1n) is 7.43. The van der Waals surface area contributed by atoms with Crippen LogP contribution in [0.3, 0.4) is 0 Å². The number of hydrogen-bond acceptors (Lipinski definition) is 3. The van der Waals surface area contributed by atoms with Crippen LogP contribution in [-0.4, -0.2) is 40.4 Å². The molecule has 0 aliphatic carbocycles. The lowest BCUT2D eigenvalue weighted by molar-refractivity contribution is 0.150. The van der Waals surface area contributed by atoms with Crippen molar-refractivity contribution in [3.05, 3.63) is 60.2 Å². The molecule has 0 spiro atoms. The summed E-state index contributed by atoms with van der Waals surface area (Å²) in [4.78, 5) is 2.15. The zero-order valence-corrected chi connectivity index (χ0v) is 12.0. The van der Waals surface area contributed by atoms with Crippen LogP contribution in [0.5, 0.6) is 0 Å². The van der Waals surface area contributed by atoms with Gasteiger partial charge >= 0.3 is 0 Å². The van der Waals surface area contributed by atoms with Gasteiger partial charge in [-0.1, -0.05) is 54.6 Å². The van der Waals surface area contributed by atoms with Crippen molar-refractivity contribution >= 4 is 0 Å². The van der Waals surface area contributed by atoms with Crippen LogP contribution >= 0.6 is 0 Å². The molecule has 0 bridgehead atoms. The fourth-order valence-corrected chi connectivity index (χ4v) is 3.01. The normalized spacial score (nSPS) is 22.6. The third-order valence-electron chi connectivity index (χ3n) is 4.16. The fraction of sp³-hybridized carbons (Fsp3) is 0.333. The minimum atomic E-state index is -0.314. The number of hydrogen-bond donors (Lipinski definition) is 2. The maximum absolute atomic E-state index is 9.72. The molecule has 3 rings (SSSR count). The van der Waals surface area contributed by atoms with Crippen molar-refractivity contribution in [1.29, 1.82) is 0 Å². The molecule has 0 unspecified atom stereocenters. The predicted octanol–water partition coefficient (Wildman–Crippen LogP) is 2.28. The Morgan fingerprint density at radius 1 is 0.952 bits per heavy atom. The molecule has 0 aromatic heterocycles. The lowest BCUT2D eigenvalue weighted by atomic mass is 10.0. The van der Waals surface area contributed by atoms with Crippen molar-refractivity contribution in [3.63, 3.8) is 0 Å². The van der Waals surface area contributed by atoms with Gasteiger partial charge in [0.25, 0.3) is 0 Å². The maximum atomic E-state index is 9.72. The van der Waals surface area contributed by atoms with Crippen LogP contribution in [0.25, 0.3) is 11.1 Å². The highest BCUT2D eigenvalue weighted by atomic mass is 16.3. The van der Waals surface area contributed by atoms with E-state index in [1.165, 1.54) is 16.7 Å². The summed E-state index contributed by atoms with van der Waals surface area (Å²) < 4.78 is 0. The van der Waals surface area contributed by atoms with Crippen molar-refractivity contribution in [3.8, 4) is 11.1 Å². The first kappa shape index (κ1) is 14.3. The summed E-state index contributed by atoms with van der Waals surface area (Å²) in [6.07, 6.45) is 0.351. The number of β-amino-alcohol motifs (C(OH)–C–C–N with tert-alkyl or cyclic N) is 1. The fourth-order valence-electron chi connectivity index (χ4n) is 3.01. The van der Waals surface area contributed by atoms with Gasteiger partial charge in [-0.15, -0.1) is 0 Å². The van der Waals surface area contributed by atoms with Crippen LogP contribution in [0.1, 0.15) is 12.0 Å². The molecule has 3 heteroatoms. The van der Waals surface area contributed by atoms with Crippen LogP contribution in [-0.2, 0) is 6.54 Å².